The molecule has 1 aromatic heterocycles. The molecule has 0 aliphatic heterocycles. The number of carbonyl (C=O) groups excluding carboxylic acids is 3. The highest BCUT2D eigenvalue weighted by Gasteiger charge is 2.18. The maximum atomic E-state index is 11.9. The van der Waals surface area contributed by atoms with Gasteiger partial charge in [-0.2, -0.15) is 0 Å². The van der Waals surface area contributed by atoms with E-state index in [4.69, 9.17) is 4.74 Å². The van der Waals surface area contributed by atoms with Crippen LogP contribution < -0.4 is 5.32 Å². The number of esters is 1. The molecular weight excluding hydrogens is 270 g/mol. The number of thiazole rings is 1. The second-order valence-corrected chi connectivity index (χ2v) is 4.54. The molecule has 0 radical (unpaired) electrons. The number of nitrogens with zero attached hydrogens (tertiary/aromatic N) is 2. The van der Waals surface area contributed by atoms with E-state index in [1.807, 2.05) is 0 Å². The number of rotatable bonds is 5. The Bertz CT molecular complexity index is 486. The SMILES string of the molecule is CCOC(=O)CN(C)C(=O)c1csc(NC(C)=O)n1. The first-order valence-corrected chi connectivity index (χ1v) is 6.46. The van der Waals surface area contributed by atoms with Crippen molar-refractivity contribution in [2.24, 2.45) is 0 Å². The Kier molecular flexibility index (Phi) is 5.43. The number of hydrogen-bond donors (Lipinski definition) is 1. The van der Waals surface area contributed by atoms with Crippen LogP contribution >= 0.6 is 11.3 Å². The van der Waals surface area contributed by atoms with Crippen molar-refractivity contribution in [2.75, 3.05) is 25.5 Å². The van der Waals surface area contributed by atoms with Crippen LogP contribution in [0.15, 0.2) is 5.38 Å². The number of nitrogens with one attached hydrogen (secondary N) is 1. The lowest BCUT2D eigenvalue weighted by molar-refractivity contribution is -0.143. The Hall–Kier alpha value is -1.96. The zero-order chi connectivity index (χ0) is 14.4. The molecule has 1 rings (SSSR count). The summed E-state index contributed by atoms with van der Waals surface area (Å²) in [5, 5.41) is 4.36. The molecule has 0 unspecified atom stereocenters. The molecule has 104 valence electrons. The molecule has 0 bridgehead atoms. The van der Waals surface area contributed by atoms with Crippen LogP contribution in [-0.4, -0.2) is 47.9 Å². The molecule has 1 aromatic rings. The molecule has 0 aromatic carbocycles. The quantitative estimate of drug-likeness (QED) is 0.806. The van der Waals surface area contributed by atoms with Gasteiger partial charge in [-0.25, -0.2) is 4.98 Å². The molecule has 1 N–H and O–H groups in total. The van der Waals surface area contributed by atoms with E-state index in [0.29, 0.717) is 5.13 Å². The van der Waals surface area contributed by atoms with Gasteiger partial charge in [0, 0.05) is 19.4 Å². The largest absolute Gasteiger partial charge is 0.465 e. The van der Waals surface area contributed by atoms with Crippen LogP contribution in [0.1, 0.15) is 24.3 Å². The highest BCUT2D eigenvalue weighted by atomic mass is 32.1. The normalized spacial score (nSPS) is 9.84. The predicted octanol–water partition coefficient (Wildman–Crippen LogP) is 0.737. The van der Waals surface area contributed by atoms with E-state index >= 15 is 0 Å². The predicted molar refractivity (Wildman–Crippen MR) is 70.0 cm³/mol. The summed E-state index contributed by atoms with van der Waals surface area (Å²) in [6, 6.07) is 0. The van der Waals surface area contributed by atoms with Crippen molar-refractivity contribution in [3.05, 3.63) is 11.1 Å². The third kappa shape index (κ3) is 4.66. The number of anilines is 1. The zero-order valence-electron chi connectivity index (χ0n) is 10.9. The van der Waals surface area contributed by atoms with Crippen LogP contribution in [0, 0.1) is 0 Å². The van der Waals surface area contributed by atoms with Gasteiger partial charge in [0.25, 0.3) is 5.91 Å². The van der Waals surface area contributed by atoms with E-state index in [1.165, 1.54) is 24.3 Å². The van der Waals surface area contributed by atoms with Gasteiger partial charge in [0.15, 0.2) is 5.13 Å². The minimum absolute atomic E-state index is 0.139. The number of ether oxygens (including phenoxy) is 1. The average molecular weight is 285 g/mol. The fraction of sp³-hybridized carbons (Fsp3) is 0.455. The first-order chi connectivity index (χ1) is 8.93. The highest BCUT2D eigenvalue weighted by Crippen LogP contribution is 2.16. The minimum Gasteiger partial charge on any atom is -0.465 e. The maximum Gasteiger partial charge on any atom is 0.325 e. The van der Waals surface area contributed by atoms with Crippen LogP contribution in [0.3, 0.4) is 0 Å². The Balaban J connectivity index is 2.63. The standard InChI is InChI=1S/C11H15N3O4S/c1-4-18-9(16)5-14(3)10(17)8-6-19-11(13-8)12-7(2)15/h6H,4-5H2,1-3H3,(H,12,13,15). The van der Waals surface area contributed by atoms with Gasteiger partial charge in [-0.3, -0.25) is 14.4 Å². The van der Waals surface area contributed by atoms with Crippen molar-refractivity contribution >= 4 is 34.3 Å². The second-order valence-electron chi connectivity index (χ2n) is 3.69. The zero-order valence-corrected chi connectivity index (χ0v) is 11.7. The van der Waals surface area contributed by atoms with Crippen LogP contribution in [0.5, 0.6) is 0 Å². The topological polar surface area (TPSA) is 88.6 Å². The molecule has 8 heteroatoms. The molecule has 0 aliphatic carbocycles. The molecule has 7 nitrogen and oxygen atoms in total. The Labute approximate surface area is 114 Å². The summed E-state index contributed by atoms with van der Waals surface area (Å²) >= 11 is 1.15. The monoisotopic (exact) mass is 285 g/mol. The van der Waals surface area contributed by atoms with Crippen molar-refractivity contribution in [3.8, 4) is 0 Å². The van der Waals surface area contributed by atoms with Gasteiger partial charge in [-0.15, -0.1) is 11.3 Å². The third-order valence-electron chi connectivity index (χ3n) is 2.02. The van der Waals surface area contributed by atoms with E-state index in [9.17, 15) is 14.4 Å². The number of aromatic nitrogens is 1. The molecule has 0 saturated heterocycles. The third-order valence-corrected chi connectivity index (χ3v) is 2.78. The van der Waals surface area contributed by atoms with Gasteiger partial charge in [-0.05, 0) is 6.92 Å². The van der Waals surface area contributed by atoms with E-state index in [2.05, 4.69) is 10.3 Å². The van der Waals surface area contributed by atoms with Gasteiger partial charge < -0.3 is 15.0 Å². The highest BCUT2D eigenvalue weighted by molar-refractivity contribution is 7.14. The minimum atomic E-state index is -0.476. The van der Waals surface area contributed by atoms with E-state index < -0.39 is 11.9 Å². The summed E-state index contributed by atoms with van der Waals surface area (Å²) in [5.41, 5.74) is 0.181. The van der Waals surface area contributed by atoms with Crippen molar-refractivity contribution in [3.63, 3.8) is 0 Å². The van der Waals surface area contributed by atoms with Crippen molar-refractivity contribution < 1.29 is 19.1 Å². The summed E-state index contributed by atoms with van der Waals surface area (Å²) < 4.78 is 4.75. The lowest BCUT2D eigenvalue weighted by Crippen LogP contribution is -2.33. The van der Waals surface area contributed by atoms with Crippen molar-refractivity contribution in [1.29, 1.82) is 0 Å². The first kappa shape index (κ1) is 15.1. The molecule has 0 spiro atoms. The molecule has 0 atom stereocenters. The fourth-order valence-electron chi connectivity index (χ4n) is 1.25. The molecule has 0 saturated carbocycles. The number of amides is 2. The molecule has 1 heterocycles. The van der Waals surface area contributed by atoms with Gasteiger partial charge in [-0.1, -0.05) is 0 Å². The molecule has 0 fully saturated rings. The van der Waals surface area contributed by atoms with Crippen LogP contribution in [-0.2, 0) is 14.3 Å². The Morgan fingerprint density at radius 3 is 2.74 bits per heavy atom. The van der Waals surface area contributed by atoms with E-state index in [-0.39, 0.29) is 24.8 Å². The molecule has 0 aliphatic rings. The Morgan fingerprint density at radius 2 is 2.16 bits per heavy atom. The van der Waals surface area contributed by atoms with Crippen LogP contribution in [0.25, 0.3) is 0 Å². The van der Waals surface area contributed by atoms with Gasteiger partial charge in [0.2, 0.25) is 5.91 Å². The van der Waals surface area contributed by atoms with Gasteiger partial charge in [0.1, 0.15) is 12.2 Å². The molecule has 19 heavy (non-hydrogen) atoms. The molecular formula is C11H15N3O4S. The lowest BCUT2D eigenvalue weighted by atomic mass is 10.4. The summed E-state index contributed by atoms with van der Waals surface area (Å²) in [6.07, 6.45) is 0. The number of carbonyl (C=O) groups is 3. The summed E-state index contributed by atoms with van der Waals surface area (Å²) in [6.45, 7) is 3.18. The van der Waals surface area contributed by atoms with Crippen molar-refractivity contribution in [1.82, 2.24) is 9.88 Å². The van der Waals surface area contributed by atoms with E-state index in [1.54, 1.807) is 6.92 Å². The van der Waals surface area contributed by atoms with E-state index in [0.717, 1.165) is 11.3 Å². The second kappa shape index (κ2) is 6.83. The maximum absolute atomic E-state index is 11.9. The average Bonchev–Trinajstić information content (AvgIpc) is 2.75. The van der Waals surface area contributed by atoms with Crippen LogP contribution in [0.2, 0.25) is 0 Å². The number of likely N-dealkylation sites (N-methyl/N-ethyl adjacent to an activating group) is 1. The Morgan fingerprint density at radius 1 is 1.47 bits per heavy atom. The van der Waals surface area contributed by atoms with Crippen LogP contribution in [0.4, 0.5) is 5.13 Å². The summed E-state index contributed by atoms with van der Waals surface area (Å²) in [5.74, 6) is -1.13. The van der Waals surface area contributed by atoms with Gasteiger partial charge in [0.05, 0.1) is 6.61 Å². The summed E-state index contributed by atoms with van der Waals surface area (Å²) in [4.78, 5) is 39.2. The summed E-state index contributed by atoms with van der Waals surface area (Å²) in [7, 11) is 1.48. The molecule has 2 amide bonds. The number of hydrogen-bond acceptors (Lipinski definition) is 6. The first-order valence-electron chi connectivity index (χ1n) is 5.58. The smallest absolute Gasteiger partial charge is 0.325 e. The lowest BCUT2D eigenvalue weighted by Gasteiger charge is -2.14. The fourth-order valence-corrected chi connectivity index (χ4v) is 1.98. The van der Waals surface area contributed by atoms with Crippen molar-refractivity contribution in [2.45, 2.75) is 13.8 Å². The van der Waals surface area contributed by atoms with Gasteiger partial charge >= 0.3 is 5.97 Å².